The minimum atomic E-state index is -1.06. The van der Waals surface area contributed by atoms with E-state index in [0.717, 1.165) is 5.69 Å². The van der Waals surface area contributed by atoms with Gasteiger partial charge in [-0.15, -0.1) is 0 Å². The maximum atomic E-state index is 10.6. The van der Waals surface area contributed by atoms with Gasteiger partial charge in [-0.1, -0.05) is 0 Å². The molecule has 0 fully saturated rings. The standard InChI is InChI=1S/C8H10N2O.C4H6O3/c1-6(11)10-8-4-2-7(9)3-5-8;1-3(5)2-4(6)7/h2-5H,9H2,1H3,(H,10,11);2H2,1H3,(H,6,7). The van der Waals surface area contributed by atoms with Gasteiger partial charge in [-0.05, 0) is 31.2 Å². The van der Waals surface area contributed by atoms with E-state index in [9.17, 15) is 14.4 Å². The second kappa shape index (κ2) is 7.83. The summed E-state index contributed by atoms with van der Waals surface area (Å²) in [4.78, 5) is 30.0. The van der Waals surface area contributed by atoms with Crippen LogP contribution in [0.5, 0.6) is 0 Å². The second-order valence-electron chi connectivity index (χ2n) is 3.58. The highest BCUT2D eigenvalue weighted by molar-refractivity contribution is 5.93. The predicted octanol–water partition coefficient (Wildman–Crippen LogP) is 1.28. The second-order valence-corrected chi connectivity index (χ2v) is 3.58. The summed E-state index contributed by atoms with van der Waals surface area (Å²) in [6.07, 6.45) is -0.361. The Morgan fingerprint density at radius 2 is 1.67 bits per heavy atom. The van der Waals surface area contributed by atoms with Crippen molar-refractivity contribution in [3.8, 4) is 0 Å². The molecule has 0 aliphatic carbocycles. The molecule has 0 heterocycles. The third-order valence-corrected chi connectivity index (χ3v) is 1.63. The van der Waals surface area contributed by atoms with E-state index in [1.807, 2.05) is 0 Å². The Bertz CT molecular complexity index is 414. The first-order valence-corrected chi connectivity index (χ1v) is 5.15. The number of benzene rings is 1. The summed E-state index contributed by atoms with van der Waals surface area (Å²) in [6, 6.07) is 7.00. The van der Waals surface area contributed by atoms with Gasteiger partial charge in [0.15, 0.2) is 0 Å². The Kier molecular flexibility index (Phi) is 6.80. The highest BCUT2D eigenvalue weighted by atomic mass is 16.4. The third-order valence-electron chi connectivity index (χ3n) is 1.63. The van der Waals surface area contributed by atoms with Gasteiger partial charge in [-0.25, -0.2) is 0 Å². The van der Waals surface area contributed by atoms with Gasteiger partial charge in [0, 0.05) is 18.3 Å². The maximum absolute atomic E-state index is 10.6. The minimum Gasteiger partial charge on any atom is -0.481 e. The Hall–Kier alpha value is -2.37. The van der Waals surface area contributed by atoms with Crippen molar-refractivity contribution < 1.29 is 19.5 Å². The molecule has 4 N–H and O–H groups in total. The molecule has 1 amide bonds. The molecule has 18 heavy (non-hydrogen) atoms. The van der Waals surface area contributed by atoms with Crippen LogP contribution in [0.25, 0.3) is 0 Å². The number of anilines is 2. The molecule has 0 unspecified atom stereocenters. The number of carbonyl (C=O) groups is 3. The van der Waals surface area contributed by atoms with Crippen molar-refractivity contribution in [2.45, 2.75) is 20.3 Å². The molecule has 0 atom stereocenters. The molecule has 1 aromatic carbocycles. The van der Waals surface area contributed by atoms with Crippen molar-refractivity contribution in [3.63, 3.8) is 0 Å². The summed E-state index contributed by atoms with van der Waals surface area (Å²) >= 11 is 0. The van der Waals surface area contributed by atoms with Crippen LogP contribution in [0.3, 0.4) is 0 Å². The van der Waals surface area contributed by atoms with Gasteiger partial charge < -0.3 is 16.2 Å². The number of carbonyl (C=O) groups excluding carboxylic acids is 2. The number of hydrogen-bond acceptors (Lipinski definition) is 4. The summed E-state index contributed by atoms with van der Waals surface area (Å²) in [6.45, 7) is 2.71. The van der Waals surface area contributed by atoms with E-state index < -0.39 is 5.97 Å². The Morgan fingerprint density at radius 3 is 1.94 bits per heavy atom. The van der Waals surface area contributed by atoms with Crippen molar-refractivity contribution in [1.29, 1.82) is 0 Å². The van der Waals surface area contributed by atoms with Gasteiger partial charge in [0.25, 0.3) is 0 Å². The van der Waals surface area contributed by atoms with E-state index in [4.69, 9.17) is 10.8 Å². The smallest absolute Gasteiger partial charge is 0.310 e. The number of nitrogen functional groups attached to an aromatic ring is 1. The van der Waals surface area contributed by atoms with E-state index in [0.29, 0.717) is 5.69 Å². The zero-order valence-electron chi connectivity index (χ0n) is 10.3. The Morgan fingerprint density at radius 1 is 1.17 bits per heavy atom. The van der Waals surface area contributed by atoms with E-state index in [-0.39, 0.29) is 18.1 Å². The molecule has 98 valence electrons. The van der Waals surface area contributed by atoms with Crippen molar-refractivity contribution >= 4 is 29.0 Å². The van der Waals surface area contributed by atoms with Gasteiger partial charge in [-0.2, -0.15) is 0 Å². The highest BCUT2D eigenvalue weighted by Gasteiger charge is 1.98. The Labute approximate surface area is 105 Å². The monoisotopic (exact) mass is 252 g/mol. The van der Waals surface area contributed by atoms with Crippen LogP contribution in [0, 0.1) is 0 Å². The van der Waals surface area contributed by atoms with Crippen molar-refractivity contribution in [2.24, 2.45) is 0 Å². The van der Waals surface area contributed by atoms with E-state index >= 15 is 0 Å². The maximum Gasteiger partial charge on any atom is 0.310 e. The quantitative estimate of drug-likeness (QED) is 0.554. The van der Waals surface area contributed by atoms with Crippen molar-refractivity contribution in [1.82, 2.24) is 0 Å². The molecule has 0 bridgehead atoms. The first-order valence-electron chi connectivity index (χ1n) is 5.15. The van der Waals surface area contributed by atoms with E-state index in [2.05, 4.69) is 5.32 Å². The SMILES string of the molecule is CC(=O)CC(=O)O.CC(=O)Nc1ccc(N)cc1. The summed E-state index contributed by atoms with van der Waals surface area (Å²) in [5.41, 5.74) is 6.91. The predicted molar refractivity (Wildman–Crippen MR) is 68.1 cm³/mol. The molecule has 0 saturated carbocycles. The summed E-state index contributed by atoms with van der Waals surface area (Å²) in [5.74, 6) is -1.45. The molecular weight excluding hydrogens is 236 g/mol. The third kappa shape index (κ3) is 8.90. The topological polar surface area (TPSA) is 109 Å². The van der Waals surface area contributed by atoms with Crippen molar-refractivity contribution in [2.75, 3.05) is 11.1 Å². The zero-order valence-corrected chi connectivity index (χ0v) is 10.3. The van der Waals surface area contributed by atoms with Gasteiger partial charge >= 0.3 is 5.97 Å². The van der Waals surface area contributed by atoms with Gasteiger partial charge in [0.2, 0.25) is 5.91 Å². The van der Waals surface area contributed by atoms with Gasteiger partial charge in [0.05, 0.1) is 0 Å². The number of rotatable bonds is 3. The van der Waals surface area contributed by atoms with Gasteiger partial charge in [0.1, 0.15) is 12.2 Å². The Balaban J connectivity index is 0.000000360. The average Bonchev–Trinajstić information content (AvgIpc) is 2.19. The molecule has 0 aromatic heterocycles. The molecule has 0 spiro atoms. The summed E-state index contributed by atoms with van der Waals surface area (Å²) < 4.78 is 0. The fraction of sp³-hybridized carbons (Fsp3) is 0.250. The first-order chi connectivity index (χ1) is 8.31. The zero-order chi connectivity index (χ0) is 14.1. The molecule has 6 heteroatoms. The number of nitrogens with two attached hydrogens (primary N) is 1. The van der Waals surface area contributed by atoms with Crippen LogP contribution in [-0.4, -0.2) is 22.8 Å². The number of carboxylic acids is 1. The number of Topliss-reactive ketones (excluding diaryl/α,β-unsaturated/α-hetero) is 1. The molecule has 1 rings (SSSR count). The van der Waals surface area contributed by atoms with Gasteiger partial charge in [-0.3, -0.25) is 14.4 Å². The number of carboxylic acid groups (broad SMARTS) is 1. The van der Waals surface area contributed by atoms with Crippen LogP contribution in [-0.2, 0) is 14.4 Å². The lowest BCUT2D eigenvalue weighted by atomic mass is 10.3. The lowest BCUT2D eigenvalue weighted by Gasteiger charge is -2.00. The molecular formula is C12H16N2O4. The lowest BCUT2D eigenvalue weighted by molar-refractivity contribution is -0.139. The number of hydrogen-bond donors (Lipinski definition) is 3. The number of nitrogens with one attached hydrogen (secondary N) is 1. The molecule has 0 aliphatic rings. The number of amides is 1. The highest BCUT2D eigenvalue weighted by Crippen LogP contribution is 2.09. The fourth-order valence-corrected chi connectivity index (χ4v) is 0.983. The minimum absolute atomic E-state index is 0.0743. The van der Waals surface area contributed by atoms with Crippen molar-refractivity contribution in [3.05, 3.63) is 24.3 Å². The van der Waals surface area contributed by atoms with Crippen LogP contribution < -0.4 is 11.1 Å². The number of ketones is 1. The largest absolute Gasteiger partial charge is 0.481 e. The molecule has 0 saturated heterocycles. The summed E-state index contributed by atoms with van der Waals surface area (Å²) in [7, 11) is 0. The first kappa shape index (κ1) is 15.6. The van der Waals surface area contributed by atoms with Crippen LogP contribution in [0.2, 0.25) is 0 Å². The average molecular weight is 252 g/mol. The van der Waals surface area contributed by atoms with E-state index in [1.54, 1.807) is 24.3 Å². The molecule has 0 aliphatic heterocycles. The number of aliphatic carboxylic acids is 1. The molecule has 6 nitrogen and oxygen atoms in total. The normalized spacial score (nSPS) is 8.78. The van der Waals surface area contributed by atoms with Crippen LogP contribution in [0.4, 0.5) is 11.4 Å². The van der Waals surface area contributed by atoms with E-state index in [1.165, 1.54) is 13.8 Å². The van der Waals surface area contributed by atoms with Crippen LogP contribution in [0.15, 0.2) is 24.3 Å². The van der Waals surface area contributed by atoms with Crippen LogP contribution in [0.1, 0.15) is 20.3 Å². The van der Waals surface area contributed by atoms with Crippen LogP contribution >= 0.6 is 0 Å². The summed E-state index contributed by atoms with van der Waals surface area (Å²) in [5, 5.41) is 10.5. The fourth-order valence-electron chi connectivity index (χ4n) is 0.983. The lowest BCUT2D eigenvalue weighted by Crippen LogP contribution is -2.05. The molecule has 0 radical (unpaired) electrons. The molecule has 1 aromatic rings.